The number of piperazine rings is 1. The molecule has 39 heavy (non-hydrogen) atoms. The number of nitrogens with two attached hydrogens (primary N) is 1. The number of carbonyl (C=O) groups excluding carboxylic acids is 2. The predicted molar refractivity (Wildman–Crippen MR) is 149 cm³/mol. The topological polar surface area (TPSA) is 165 Å². The summed E-state index contributed by atoms with van der Waals surface area (Å²) in [7, 11) is 0. The third kappa shape index (κ3) is 8.67. The molecule has 3 heterocycles. The highest BCUT2D eigenvalue weighted by molar-refractivity contribution is 7.99. The van der Waals surface area contributed by atoms with Gasteiger partial charge in [0.05, 0.1) is 0 Å². The zero-order valence-electron chi connectivity index (χ0n) is 22.0. The lowest BCUT2D eigenvalue weighted by atomic mass is 10.1. The van der Waals surface area contributed by atoms with Crippen molar-refractivity contribution in [3.63, 3.8) is 0 Å². The molecule has 3 aromatic rings. The van der Waals surface area contributed by atoms with Crippen LogP contribution in [0.25, 0.3) is 0 Å². The minimum absolute atomic E-state index is 0.323. The minimum Gasteiger partial charge on any atom is -0.366 e. The normalized spacial score (nSPS) is 13.8. The number of anilines is 3. The summed E-state index contributed by atoms with van der Waals surface area (Å²) in [6.45, 7) is 6.55. The molecule has 2 amide bonds. The lowest BCUT2D eigenvalue weighted by Gasteiger charge is -2.35. The van der Waals surface area contributed by atoms with Gasteiger partial charge in [-0.05, 0) is 62.3 Å². The number of amides is 2. The molecule has 1 aromatic carbocycles. The van der Waals surface area contributed by atoms with Gasteiger partial charge in [0.15, 0.2) is 11.0 Å². The molecule has 0 atom stereocenters. The molecule has 1 saturated heterocycles. The van der Waals surface area contributed by atoms with Gasteiger partial charge in [-0.3, -0.25) is 24.8 Å². The summed E-state index contributed by atoms with van der Waals surface area (Å²) in [6, 6.07) is 10.9. The van der Waals surface area contributed by atoms with Crippen LogP contribution in [0.5, 0.6) is 0 Å². The average Bonchev–Trinajstić information content (AvgIpc) is 3.35. The summed E-state index contributed by atoms with van der Waals surface area (Å²) in [6.07, 6.45) is 4.28. The number of hydrogen-bond donors (Lipinski definition) is 5. The number of nitrogens with zero attached hydrogens (tertiary/aromatic N) is 5. The van der Waals surface area contributed by atoms with Gasteiger partial charge in [0.25, 0.3) is 0 Å². The van der Waals surface area contributed by atoms with Crippen molar-refractivity contribution in [2.45, 2.75) is 49.1 Å². The quantitative estimate of drug-likeness (QED) is 0.0919. The van der Waals surface area contributed by atoms with Gasteiger partial charge < -0.3 is 16.0 Å². The first kappa shape index (κ1) is 28.3. The Balaban J connectivity index is 1.37. The second-order valence-electron chi connectivity index (χ2n) is 9.47. The molecule has 0 spiro atoms. The van der Waals surface area contributed by atoms with Gasteiger partial charge in [-0.25, -0.2) is 15.4 Å². The predicted octanol–water partition coefficient (Wildman–Crippen LogP) is 3.08. The fourth-order valence-electron chi connectivity index (χ4n) is 4.32. The van der Waals surface area contributed by atoms with E-state index in [2.05, 4.69) is 25.3 Å². The van der Waals surface area contributed by atoms with Crippen molar-refractivity contribution in [1.82, 2.24) is 30.5 Å². The van der Waals surface area contributed by atoms with Crippen LogP contribution in [0.1, 0.15) is 48.2 Å². The second-order valence-corrected chi connectivity index (χ2v) is 10.5. The van der Waals surface area contributed by atoms with Crippen LogP contribution in [0.3, 0.4) is 0 Å². The Morgan fingerprint density at radius 1 is 1.03 bits per heavy atom. The highest BCUT2D eigenvalue weighted by atomic mass is 32.2. The number of benzene rings is 1. The number of aromatic nitrogens is 4. The number of carbonyl (C=O) groups is 2. The maximum Gasteiger partial charge on any atom is 0.248 e. The number of H-pyrrole nitrogens is 1. The first-order valence-corrected chi connectivity index (χ1v) is 13.9. The monoisotopic (exact) mass is 553 g/mol. The fourth-order valence-corrected chi connectivity index (χ4v) is 5.09. The van der Waals surface area contributed by atoms with Crippen LogP contribution < -0.4 is 21.4 Å². The summed E-state index contributed by atoms with van der Waals surface area (Å²) in [5.41, 5.74) is 8.45. The maximum absolute atomic E-state index is 11.4. The SMILES string of the molecule is Cc1cc(Nc2cc(N3CCN(CCCCCCC(=O)NO)CC3)nc(Sc3ccc(C(N)=O)cc3)n2)n[nH]1. The minimum atomic E-state index is -0.461. The molecule has 0 saturated carbocycles. The van der Waals surface area contributed by atoms with Crippen LogP contribution in [0.4, 0.5) is 17.5 Å². The van der Waals surface area contributed by atoms with Crippen LogP contribution in [0, 0.1) is 6.92 Å². The van der Waals surface area contributed by atoms with Gasteiger partial charge in [-0.1, -0.05) is 12.8 Å². The van der Waals surface area contributed by atoms with Crippen LogP contribution >= 0.6 is 11.8 Å². The van der Waals surface area contributed by atoms with Gasteiger partial charge in [0.2, 0.25) is 11.8 Å². The molecular weight excluding hydrogens is 518 g/mol. The van der Waals surface area contributed by atoms with E-state index >= 15 is 0 Å². The average molecular weight is 554 g/mol. The smallest absolute Gasteiger partial charge is 0.248 e. The molecule has 6 N–H and O–H groups in total. The largest absolute Gasteiger partial charge is 0.366 e. The maximum atomic E-state index is 11.4. The molecule has 1 aliphatic rings. The van der Waals surface area contributed by atoms with Crippen molar-refractivity contribution in [3.8, 4) is 0 Å². The molecule has 1 aliphatic heterocycles. The zero-order valence-corrected chi connectivity index (χ0v) is 22.8. The van der Waals surface area contributed by atoms with Gasteiger partial charge in [-0.2, -0.15) is 5.10 Å². The highest BCUT2D eigenvalue weighted by Gasteiger charge is 2.20. The Hall–Kier alpha value is -3.68. The van der Waals surface area contributed by atoms with Gasteiger partial charge >= 0.3 is 0 Å². The van der Waals surface area contributed by atoms with Crippen LogP contribution in [0.2, 0.25) is 0 Å². The standard InChI is InChI=1S/C26H35N9O3S/c1-18-16-22(32-31-18)28-21-17-23(30-26(29-21)39-20-9-7-19(8-10-20)25(27)37)35-14-12-34(13-15-35)11-5-3-2-4-6-24(36)33-38/h7-10,16-17,38H,2-6,11-15H2,1H3,(H2,27,37)(H,33,36)(H2,28,29,30,31,32). The Morgan fingerprint density at radius 3 is 2.44 bits per heavy atom. The summed E-state index contributed by atoms with van der Waals surface area (Å²) in [5, 5.41) is 19.6. The molecule has 0 unspecified atom stereocenters. The Bertz CT molecular complexity index is 1240. The third-order valence-corrected chi connectivity index (χ3v) is 7.32. The fraction of sp³-hybridized carbons (Fsp3) is 0.423. The van der Waals surface area contributed by atoms with Gasteiger partial charge in [0, 0.05) is 60.9 Å². The van der Waals surface area contributed by atoms with Crippen LogP contribution in [-0.2, 0) is 4.79 Å². The molecule has 1 fully saturated rings. The van der Waals surface area contributed by atoms with Crippen LogP contribution in [0.15, 0.2) is 46.5 Å². The summed E-state index contributed by atoms with van der Waals surface area (Å²) in [4.78, 5) is 37.7. The van der Waals surface area contributed by atoms with Crippen molar-refractivity contribution in [1.29, 1.82) is 0 Å². The number of rotatable bonds is 13. The molecule has 0 radical (unpaired) electrons. The summed E-state index contributed by atoms with van der Waals surface area (Å²) in [5.74, 6) is 1.40. The number of aromatic amines is 1. The van der Waals surface area contributed by atoms with Crippen LogP contribution in [-0.4, -0.2) is 74.8 Å². The van der Waals surface area contributed by atoms with E-state index in [0.717, 1.165) is 74.8 Å². The lowest BCUT2D eigenvalue weighted by molar-refractivity contribution is -0.129. The molecule has 2 aromatic heterocycles. The molecule has 13 heteroatoms. The van der Waals surface area contributed by atoms with E-state index in [0.29, 0.717) is 28.8 Å². The number of hydrogen-bond acceptors (Lipinski definition) is 10. The number of nitrogens with one attached hydrogen (secondary N) is 3. The number of primary amides is 1. The van der Waals surface area contributed by atoms with E-state index in [1.54, 1.807) is 17.6 Å². The summed E-state index contributed by atoms with van der Waals surface area (Å²) < 4.78 is 0. The van der Waals surface area contributed by atoms with Crippen molar-refractivity contribution in [2.24, 2.45) is 5.73 Å². The Labute approximate surface area is 231 Å². The Kier molecular flexibility index (Phi) is 10.1. The van der Waals surface area contributed by atoms with E-state index in [1.807, 2.05) is 31.2 Å². The number of hydroxylamine groups is 1. The van der Waals surface area contributed by atoms with E-state index in [9.17, 15) is 9.59 Å². The first-order chi connectivity index (χ1) is 18.9. The molecule has 12 nitrogen and oxygen atoms in total. The van der Waals surface area contributed by atoms with Crippen molar-refractivity contribution in [2.75, 3.05) is 42.9 Å². The van der Waals surface area contributed by atoms with E-state index in [-0.39, 0.29) is 5.91 Å². The zero-order chi connectivity index (χ0) is 27.6. The number of unbranched alkanes of at least 4 members (excludes halogenated alkanes) is 3. The molecule has 0 bridgehead atoms. The van der Waals surface area contributed by atoms with Crippen molar-refractivity contribution >= 4 is 41.0 Å². The van der Waals surface area contributed by atoms with E-state index < -0.39 is 5.91 Å². The molecular formula is C26H35N9O3S. The second kappa shape index (κ2) is 13.9. The molecule has 208 valence electrons. The van der Waals surface area contributed by atoms with Crippen molar-refractivity contribution < 1.29 is 14.8 Å². The highest BCUT2D eigenvalue weighted by Crippen LogP contribution is 2.29. The van der Waals surface area contributed by atoms with Gasteiger partial charge in [0.1, 0.15) is 11.6 Å². The first-order valence-electron chi connectivity index (χ1n) is 13.1. The molecule has 4 rings (SSSR count). The van der Waals surface area contributed by atoms with E-state index in [1.165, 1.54) is 11.8 Å². The molecule has 0 aliphatic carbocycles. The van der Waals surface area contributed by atoms with E-state index in [4.69, 9.17) is 20.9 Å². The Morgan fingerprint density at radius 2 is 1.77 bits per heavy atom. The summed E-state index contributed by atoms with van der Waals surface area (Å²) >= 11 is 1.42. The van der Waals surface area contributed by atoms with Crippen molar-refractivity contribution in [3.05, 3.63) is 47.7 Å². The third-order valence-electron chi connectivity index (χ3n) is 6.45. The lowest BCUT2D eigenvalue weighted by Crippen LogP contribution is -2.47. The van der Waals surface area contributed by atoms with Gasteiger partial charge in [-0.15, -0.1) is 0 Å². The number of aryl methyl sites for hydroxylation is 1.